The van der Waals surface area contributed by atoms with Crippen molar-refractivity contribution < 1.29 is 0 Å². The van der Waals surface area contributed by atoms with Crippen molar-refractivity contribution in [1.29, 1.82) is 0 Å². The second-order valence-corrected chi connectivity index (χ2v) is 14.7. The lowest BCUT2D eigenvalue weighted by molar-refractivity contribution is 1.54. The predicted molar refractivity (Wildman–Crippen MR) is 248 cm³/mol. The van der Waals surface area contributed by atoms with Gasteiger partial charge in [-0.25, -0.2) is 0 Å². The maximum atomic E-state index is 3.55. The average molecular weight is 741 g/mol. The highest BCUT2D eigenvalue weighted by Gasteiger charge is 2.16. The molecular formula is C56H40N2. The monoisotopic (exact) mass is 740 g/mol. The quantitative estimate of drug-likeness (QED) is 0.144. The number of rotatable bonds is 9. The molecule has 0 unspecified atom stereocenters. The van der Waals surface area contributed by atoms with E-state index in [-0.39, 0.29) is 0 Å². The first-order valence-electron chi connectivity index (χ1n) is 19.8. The molecule has 274 valence electrons. The molecule has 0 heterocycles. The van der Waals surface area contributed by atoms with Gasteiger partial charge in [0, 0.05) is 22.7 Å². The van der Waals surface area contributed by atoms with Gasteiger partial charge in [0.25, 0.3) is 0 Å². The van der Waals surface area contributed by atoms with Crippen molar-refractivity contribution in [1.82, 2.24) is 0 Å². The molecule has 2 nitrogen and oxygen atoms in total. The Morgan fingerprint density at radius 3 is 0.914 bits per heavy atom. The molecule has 10 aromatic carbocycles. The number of anilines is 4. The van der Waals surface area contributed by atoms with Gasteiger partial charge in [-0.05, 0) is 150 Å². The summed E-state index contributed by atoms with van der Waals surface area (Å²) in [7, 11) is 0. The molecule has 0 aromatic heterocycles. The second-order valence-electron chi connectivity index (χ2n) is 14.7. The van der Waals surface area contributed by atoms with Crippen LogP contribution in [0.15, 0.2) is 231 Å². The Bertz CT molecular complexity index is 2980. The molecule has 0 bridgehead atoms. The fourth-order valence-corrected chi connectivity index (χ4v) is 8.05. The fraction of sp³-hybridized carbons (Fsp3) is 0. The van der Waals surface area contributed by atoms with Gasteiger partial charge in [-0.1, -0.05) is 158 Å². The van der Waals surface area contributed by atoms with Crippen LogP contribution in [0.3, 0.4) is 0 Å². The van der Waals surface area contributed by atoms with Gasteiger partial charge in [0.05, 0.1) is 0 Å². The third kappa shape index (κ3) is 7.11. The zero-order valence-electron chi connectivity index (χ0n) is 31.9. The summed E-state index contributed by atoms with van der Waals surface area (Å²) in [5.74, 6) is 0. The normalized spacial score (nSPS) is 11.1. The van der Waals surface area contributed by atoms with E-state index in [4.69, 9.17) is 0 Å². The van der Waals surface area contributed by atoms with Gasteiger partial charge in [-0.15, -0.1) is 0 Å². The van der Waals surface area contributed by atoms with E-state index in [1.807, 2.05) is 12.1 Å². The van der Waals surface area contributed by atoms with E-state index >= 15 is 0 Å². The van der Waals surface area contributed by atoms with Crippen LogP contribution < -0.4 is 10.6 Å². The van der Waals surface area contributed by atoms with Crippen molar-refractivity contribution >= 4 is 44.3 Å². The SMILES string of the molecule is c1ccc(Nc2ccc(-c3cc(-c4ccccc4)c4ccc5c(-c6ccc(Nc7ccccc7)cc6)cc(-c6ccc(-c7ccccc7)cc6)cc5c4c3)cc2)cc1. The van der Waals surface area contributed by atoms with Gasteiger partial charge in [-0.2, -0.15) is 0 Å². The van der Waals surface area contributed by atoms with Gasteiger partial charge >= 0.3 is 0 Å². The lowest BCUT2D eigenvalue weighted by atomic mass is 9.87. The Morgan fingerprint density at radius 2 is 0.483 bits per heavy atom. The largest absolute Gasteiger partial charge is 0.356 e. The van der Waals surface area contributed by atoms with Crippen LogP contribution in [0.25, 0.3) is 77.2 Å². The zero-order chi connectivity index (χ0) is 38.7. The second kappa shape index (κ2) is 15.5. The molecule has 0 saturated heterocycles. The summed E-state index contributed by atoms with van der Waals surface area (Å²) in [5, 5.41) is 12.0. The van der Waals surface area contributed by atoms with Gasteiger partial charge in [0.1, 0.15) is 0 Å². The van der Waals surface area contributed by atoms with Crippen LogP contribution in [0, 0.1) is 0 Å². The molecule has 10 rings (SSSR count). The van der Waals surface area contributed by atoms with Crippen LogP contribution in [0.5, 0.6) is 0 Å². The smallest absolute Gasteiger partial charge is 0.0384 e. The van der Waals surface area contributed by atoms with Crippen LogP contribution >= 0.6 is 0 Å². The molecule has 0 aliphatic heterocycles. The molecule has 0 fully saturated rings. The molecule has 0 aliphatic rings. The average Bonchev–Trinajstić information content (AvgIpc) is 3.30. The molecule has 0 atom stereocenters. The summed E-state index contributed by atoms with van der Waals surface area (Å²) in [6, 6.07) is 82.8. The summed E-state index contributed by atoms with van der Waals surface area (Å²) < 4.78 is 0. The Balaban J connectivity index is 1.15. The first-order valence-corrected chi connectivity index (χ1v) is 19.8. The van der Waals surface area contributed by atoms with Gasteiger partial charge in [0.2, 0.25) is 0 Å². The minimum absolute atomic E-state index is 1.06. The number of hydrogen-bond donors (Lipinski definition) is 2. The van der Waals surface area contributed by atoms with E-state index in [1.165, 1.54) is 77.2 Å². The number of hydrogen-bond acceptors (Lipinski definition) is 2. The minimum atomic E-state index is 1.06. The van der Waals surface area contributed by atoms with Crippen molar-refractivity contribution in [3.05, 3.63) is 231 Å². The van der Waals surface area contributed by atoms with Gasteiger partial charge in [0.15, 0.2) is 0 Å². The maximum Gasteiger partial charge on any atom is 0.0384 e. The first-order chi connectivity index (χ1) is 28.7. The van der Waals surface area contributed by atoms with Crippen LogP contribution in [0.2, 0.25) is 0 Å². The summed E-state index contributed by atoms with van der Waals surface area (Å²) in [5.41, 5.74) is 16.2. The first kappa shape index (κ1) is 34.8. The zero-order valence-corrected chi connectivity index (χ0v) is 31.9. The molecule has 0 spiro atoms. The molecule has 10 aromatic rings. The molecule has 2 heteroatoms. The summed E-state index contributed by atoms with van der Waals surface area (Å²) in [6.45, 7) is 0. The predicted octanol–water partition coefficient (Wildman–Crippen LogP) is 15.8. The van der Waals surface area contributed by atoms with Gasteiger partial charge in [-0.3, -0.25) is 0 Å². The molecule has 0 radical (unpaired) electrons. The topological polar surface area (TPSA) is 24.1 Å². The molecule has 58 heavy (non-hydrogen) atoms. The molecule has 0 saturated carbocycles. The Hall–Kier alpha value is -7.68. The van der Waals surface area contributed by atoms with E-state index in [0.717, 1.165) is 22.7 Å². The lowest BCUT2D eigenvalue weighted by Gasteiger charge is -2.17. The third-order valence-corrected chi connectivity index (χ3v) is 11.0. The maximum absolute atomic E-state index is 3.55. The summed E-state index contributed by atoms with van der Waals surface area (Å²) >= 11 is 0. The summed E-state index contributed by atoms with van der Waals surface area (Å²) in [6.07, 6.45) is 0. The van der Waals surface area contributed by atoms with E-state index in [1.54, 1.807) is 0 Å². The number of nitrogens with one attached hydrogen (secondary N) is 2. The number of benzene rings is 10. The van der Waals surface area contributed by atoms with Gasteiger partial charge < -0.3 is 10.6 Å². The van der Waals surface area contributed by atoms with Crippen molar-refractivity contribution in [2.24, 2.45) is 0 Å². The Kier molecular flexibility index (Phi) is 9.27. The van der Waals surface area contributed by atoms with Crippen molar-refractivity contribution in [3.8, 4) is 55.6 Å². The Labute approximate surface area is 339 Å². The molecule has 2 N–H and O–H groups in total. The van der Waals surface area contributed by atoms with Crippen LogP contribution in [-0.4, -0.2) is 0 Å². The molecule has 0 aliphatic carbocycles. The van der Waals surface area contributed by atoms with Crippen LogP contribution in [-0.2, 0) is 0 Å². The molecule has 0 amide bonds. The molecular weight excluding hydrogens is 701 g/mol. The van der Waals surface area contributed by atoms with E-state index in [2.05, 4.69) is 229 Å². The fourth-order valence-electron chi connectivity index (χ4n) is 8.05. The highest BCUT2D eigenvalue weighted by molar-refractivity contribution is 6.17. The van der Waals surface area contributed by atoms with E-state index in [0.29, 0.717) is 0 Å². The highest BCUT2D eigenvalue weighted by Crippen LogP contribution is 2.43. The van der Waals surface area contributed by atoms with E-state index < -0.39 is 0 Å². The Morgan fingerprint density at radius 1 is 0.190 bits per heavy atom. The lowest BCUT2D eigenvalue weighted by Crippen LogP contribution is -1.92. The summed E-state index contributed by atoms with van der Waals surface area (Å²) in [4.78, 5) is 0. The highest BCUT2D eigenvalue weighted by atomic mass is 14.9. The third-order valence-electron chi connectivity index (χ3n) is 11.0. The van der Waals surface area contributed by atoms with Crippen molar-refractivity contribution in [3.63, 3.8) is 0 Å². The number of para-hydroxylation sites is 2. The standard InChI is InChI=1S/C56H40N2/c1-5-13-39(14-6-1)40-21-23-41(24-22-40)45-36-54(44-27-31-50(32-28-44)58-48-19-11-4-12-20-48)52-34-33-51-53(43-15-7-2-8-16-43)35-46(38-55(51)56(52)37-45)42-25-29-49(30-26-42)57-47-17-9-3-10-18-47/h1-38,57-58H. The van der Waals surface area contributed by atoms with E-state index in [9.17, 15) is 0 Å². The van der Waals surface area contributed by atoms with Crippen molar-refractivity contribution in [2.75, 3.05) is 10.6 Å². The number of fused-ring (bicyclic) bond motifs is 3. The van der Waals surface area contributed by atoms with Crippen molar-refractivity contribution in [2.45, 2.75) is 0 Å². The van der Waals surface area contributed by atoms with Crippen LogP contribution in [0.1, 0.15) is 0 Å². The minimum Gasteiger partial charge on any atom is -0.356 e. The van der Waals surface area contributed by atoms with Crippen LogP contribution in [0.4, 0.5) is 22.7 Å².